The number of ketones is 1. The van der Waals surface area contributed by atoms with Crippen LogP contribution in [0.4, 0.5) is 0 Å². The first-order valence-electron chi connectivity index (χ1n) is 4.66. The molecular formula is C11H14O3. The van der Waals surface area contributed by atoms with Gasteiger partial charge in [-0.2, -0.15) is 0 Å². The van der Waals surface area contributed by atoms with E-state index in [1.807, 2.05) is 6.92 Å². The third kappa shape index (κ3) is 3.09. The van der Waals surface area contributed by atoms with E-state index in [1.54, 1.807) is 18.2 Å². The van der Waals surface area contributed by atoms with Crippen molar-refractivity contribution in [2.45, 2.75) is 19.8 Å². The van der Waals surface area contributed by atoms with Crippen molar-refractivity contribution in [2.24, 2.45) is 0 Å². The number of phenols is 1. The van der Waals surface area contributed by atoms with E-state index >= 15 is 0 Å². The number of ether oxygens (including phenoxy) is 1. The summed E-state index contributed by atoms with van der Waals surface area (Å²) in [5.74, 6) is 0.476. The summed E-state index contributed by atoms with van der Waals surface area (Å²) < 4.78 is 5.15. The topological polar surface area (TPSA) is 46.5 Å². The Bertz CT molecular complexity index is 307. The molecule has 0 saturated carbocycles. The zero-order valence-electron chi connectivity index (χ0n) is 8.19. The summed E-state index contributed by atoms with van der Waals surface area (Å²) >= 11 is 0. The highest BCUT2D eigenvalue weighted by atomic mass is 16.5. The fourth-order valence-electron chi connectivity index (χ4n) is 1.09. The lowest BCUT2D eigenvalue weighted by molar-refractivity contribution is -0.121. The molecule has 14 heavy (non-hydrogen) atoms. The van der Waals surface area contributed by atoms with Crippen LogP contribution in [0.3, 0.4) is 0 Å². The molecule has 0 spiro atoms. The highest BCUT2D eigenvalue weighted by Gasteiger charge is 2.04. The number of Topliss-reactive ketones (excluding diaryl/α,β-unsaturated/α-hetero) is 1. The van der Waals surface area contributed by atoms with Gasteiger partial charge in [0.05, 0.1) is 0 Å². The maximum atomic E-state index is 11.1. The van der Waals surface area contributed by atoms with Crippen LogP contribution in [0.15, 0.2) is 24.3 Å². The van der Waals surface area contributed by atoms with Crippen LogP contribution in [0.2, 0.25) is 0 Å². The standard InChI is InChI=1S/C11H14O3/c1-2-5-9(12)8-14-11-7-4-3-6-10(11)13/h3-4,6-7,13H,2,5,8H2,1H3. The minimum atomic E-state index is 0.0331. The Kier molecular flexibility index (Phi) is 3.98. The lowest BCUT2D eigenvalue weighted by atomic mass is 10.2. The molecule has 0 aliphatic heterocycles. The predicted octanol–water partition coefficient (Wildman–Crippen LogP) is 2.14. The first kappa shape index (κ1) is 10.6. The number of para-hydroxylation sites is 2. The number of aromatic hydroxyl groups is 1. The predicted molar refractivity (Wildman–Crippen MR) is 53.5 cm³/mol. The number of phenolic OH excluding ortho intramolecular Hbond substituents is 1. The highest BCUT2D eigenvalue weighted by Crippen LogP contribution is 2.24. The maximum Gasteiger partial charge on any atom is 0.170 e. The van der Waals surface area contributed by atoms with Crippen molar-refractivity contribution in [1.82, 2.24) is 0 Å². The molecule has 0 amide bonds. The summed E-state index contributed by atoms with van der Waals surface area (Å²) in [5.41, 5.74) is 0. The van der Waals surface area contributed by atoms with Gasteiger partial charge in [-0.05, 0) is 18.6 Å². The van der Waals surface area contributed by atoms with Crippen molar-refractivity contribution in [3.8, 4) is 11.5 Å². The van der Waals surface area contributed by atoms with E-state index < -0.39 is 0 Å². The van der Waals surface area contributed by atoms with Gasteiger partial charge in [-0.1, -0.05) is 19.1 Å². The van der Waals surface area contributed by atoms with Gasteiger partial charge in [-0.25, -0.2) is 0 Å². The number of hydrogen-bond donors (Lipinski definition) is 1. The van der Waals surface area contributed by atoms with Crippen molar-refractivity contribution in [2.75, 3.05) is 6.61 Å². The molecule has 0 bridgehead atoms. The molecule has 76 valence electrons. The third-order valence-electron chi connectivity index (χ3n) is 1.78. The van der Waals surface area contributed by atoms with Crippen LogP contribution in [0.1, 0.15) is 19.8 Å². The quantitative estimate of drug-likeness (QED) is 0.781. The Labute approximate surface area is 83.3 Å². The maximum absolute atomic E-state index is 11.1. The molecule has 3 heteroatoms. The molecule has 1 aromatic rings. The third-order valence-corrected chi connectivity index (χ3v) is 1.78. The van der Waals surface area contributed by atoms with Gasteiger partial charge in [0.1, 0.15) is 6.61 Å². The van der Waals surface area contributed by atoms with Gasteiger partial charge in [0.15, 0.2) is 17.3 Å². The van der Waals surface area contributed by atoms with Crippen LogP contribution in [0.25, 0.3) is 0 Å². The minimum Gasteiger partial charge on any atom is -0.504 e. The lowest BCUT2D eigenvalue weighted by Gasteiger charge is -2.05. The van der Waals surface area contributed by atoms with E-state index in [0.29, 0.717) is 12.2 Å². The highest BCUT2D eigenvalue weighted by molar-refractivity contribution is 5.79. The average Bonchev–Trinajstić information content (AvgIpc) is 2.17. The first-order valence-corrected chi connectivity index (χ1v) is 4.66. The van der Waals surface area contributed by atoms with Crippen LogP contribution in [0.5, 0.6) is 11.5 Å². The molecule has 0 fully saturated rings. The molecule has 0 aliphatic carbocycles. The van der Waals surface area contributed by atoms with Crippen molar-refractivity contribution < 1.29 is 14.6 Å². The van der Waals surface area contributed by atoms with E-state index in [0.717, 1.165) is 6.42 Å². The molecule has 0 heterocycles. The van der Waals surface area contributed by atoms with E-state index in [1.165, 1.54) is 6.07 Å². The molecule has 1 aromatic carbocycles. The molecule has 0 radical (unpaired) electrons. The fourth-order valence-corrected chi connectivity index (χ4v) is 1.09. The Morgan fingerprint density at radius 3 is 2.79 bits per heavy atom. The normalized spacial score (nSPS) is 9.79. The smallest absolute Gasteiger partial charge is 0.170 e. The van der Waals surface area contributed by atoms with Crippen molar-refractivity contribution in [3.05, 3.63) is 24.3 Å². The van der Waals surface area contributed by atoms with Gasteiger partial charge in [0, 0.05) is 6.42 Å². The van der Waals surface area contributed by atoms with Gasteiger partial charge < -0.3 is 9.84 Å². The summed E-state index contributed by atoms with van der Waals surface area (Å²) in [6.45, 7) is 1.98. The van der Waals surface area contributed by atoms with Crippen LogP contribution >= 0.6 is 0 Å². The average molecular weight is 194 g/mol. The van der Waals surface area contributed by atoms with Gasteiger partial charge in [-0.15, -0.1) is 0 Å². The molecule has 1 rings (SSSR count). The second-order valence-corrected chi connectivity index (χ2v) is 3.05. The summed E-state index contributed by atoms with van der Waals surface area (Å²) in [6, 6.07) is 6.61. The summed E-state index contributed by atoms with van der Waals surface area (Å²) in [6.07, 6.45) is 1.34. The van der Waals surface area contributed by atoms with Crippen molar-refractivity contribution in [1.29, 1.82) is 0 Å². The minimum absolute atomic E-state index is 0.0331. The summed E-state index contributed by atoms with van der Waals surface area (Å²) in [4.78, 5) is 11.1. The molecule has 0 atom stereocenters. The number of rotatable bonds is 5. The van der Waals surface area contributed by atoms with Gasteiger partial charge in [0.25, 0.3) is 0 Å². The number of hydrogen-bond acceptors (Lipinski definition) is 3. The van der Waals surface area contributed by atoms with Crippen LogP contribution in [-0.2, 0) is 4.79 Å². The van der Waals surface area contributed by atoms with E-state index in [2.05, 4.69) is 0 Å². The number of carbonyl (C=O) groups is 1. The van der Waals surface area contributed by atoms with E-state index in [-0.39, 0.29) is 18.1 Å². The zero-order chi connectivity index (χ0) is 10.4. The van der Waals surface area contributed by atoms with E-state index in [4.69, 9.17) is 4.74 Å². The fraction of sp³-hybridized carbons (Fsp3) is 0.364. The Morgan fingerprint density at radius 2 is 2.14 bits per heavy atom. The van der Waals surface area contributed by atoms with Gasteiger partial charge in [0.2, 0.25) is 0 Å². The number of carbonyl (C=O) groups excluding carboxylic acids is 1. The SMILES string of the molecule is CCCC(=O)COc1ccccc1O. The molecule has 0 aromatic heterocycles. The molecular weight excluding hydrogens is 180 g/mol. The van der Waals surface area contributed by atoms with Gasteiger partial charge in [-0.3, -0.25) is 4.79 Å². The Morgan fingerprint density at radius 1 is 1.43 bits per heavy atom. The molecule has 3 nitrogen and oxygen atoms in total. The molecule has 1 N–H and O–H groups in total. The van der Waals surface area contributed by atoms with Crippen molar-refractivity contribution >= 4 is 5.78 Å². The summed E-state index contributed by atoms with van der Waals surface area (Å²) in [7, 11) is 0. The molecule has 0 aliphatic rings. The largest absolute Gasteiger partial charge is 0.504 e. The first-order chi connectivity index (χ1) is 6.74. The van der Waals surface area contributed by atoms with Crippen LogP contribution < -0.4 is 4.74 Å². The molecule has 0 saturated heterocycles. The second kappa shape index (κ2) is 5.27. The Hall–Kier alpha value is -1.51. The molecule has 0 unspecified atom stereocenters. The lowest BCUT2D eigenvalue weighted by Crippen LogP contribution is -2.10. The second-order valence-electron chi connectivity index (χ2n) is 3.05. The van der Waals surface area contributed by atoms with Crippen LogP contribution in [0, 0.1) is 0 Å². The number of benzene rings is 1. The van der Waals surface area contributed by atoms with E-state index in [9.17, 15) is 9.90 Å². The van der Waals surface area contributed by atoms with Gasteiger partial charge >= 0.3 is 0 Å². The van der Waals surface area contributed by atoms with Crippen molar-refractivity contribution in [3.63, 3.8) is 0 Å². The monoisotopic (exact) mass is 194 g/mol. The summed E-state index contributed by atoms with van der Waals surface area (Å²) in [5, 5.41) is 9.32. The van der Waals surface area contributed by atoms with Crippen LogP contribution in [-0.4, -0.2) is 17.5 Å². The zero-order valence-corrected chi connectivity index (χ0v) is 8.19. The Balaban J connectivity index is 2.46.